The molecule has 0 unspecified atom stereocenters. The van der Waals surface area contributed by atoms with Crippen LogP contribution >= 0.6 is 0 Å². The molecule has 0 amide bonds. The summed E-state index contributed by atoms with van der Waals surface area (Å²) in [6.45, 7) is 8.27. The topological polar surface area (TPSA) is 73.9 Å². The summed E-state index contributed by atoms with van der Waals surface area (Å²) in [4.78, 5) is 8.33. The number of rotatable bonds is 5. The molecular formula is C23H22N4O2. The van der Waals surface area contributed by atoms with Crippen LogP contribution in [0.1, 0.15) is 36.4 Å². The van der Waals surface area contributed by atoms with Gasteiger partial charge in [-0.1, -0.05) is 55.8 Å². The van der Waals surface area contributed by atoms with Crippen LogP contribution in [-0.4, -0.2) is 20.2 Å². The Bertz CT molecular complexity index is 1120. The molecule has 0 saturated heterocycles. The van der Waals surface area contributed by atoms with Gasteiger partial charge in [0.05, 0.1) is 0 Å². The van der Waals surface area contributed by atoms with Crippen molar-refractivity contribution in [3.63, 3.8) is 0 Å². The Morgan fingerprint density at radius 3 is 2.10 bits per heavy atom. The number of nitrogens with zero attached hydrogens (tertiary/aromatic N) is 4. The summed E-state index contributed by atoms with van der Waals surface area (Å²) in [5.41, 5.74) is 4.15. The maximum Gasteiger partial charge on any atom is 0.266 e. The molecule has 0 aliphatic heterocycles. The van der Waals surface area contributed by atoms with Gasteiger partial charge in [0.2, 0.25) is 11.8 Å². The van der Waals surface area contributed by atoms with E-state index in [1.165, 1.54) is 23.0 Å². The summed E-state index contributed by atoms with van der Waals surface area (Å²) in [6, 6.07) is 18.4. The fourth-order valence-corrected chi connectivity index (χ4v) is 3.11. The molecular weight excluding hydrogens is 364 g/mol. The van der Waals surface area contributed by atoms with Gasteiger partial charge in [0, 0.05) is 18.4 Å². The van der Waals surface area contributed by atoms with Crippen LogP contribution in [0.3, 0.4) is 0 Å². The van der Waals surface area contributed by atoms with E-state index in [2.05, 4.69) is 77.3 Å². The summed E-state index contributed by atoms with van der Waals surface area (Å²) in [5, 5.41) is 7.80. The van der Waals surface area contributed by atoms with Crippen LogP contribution in [0.25, 0.3) is 11.6 Å². The molecule has 4 rings (SSSR count). The number of ether oxygens (including phenoxy) is 1. The molecule has 0 atom stereocenters. The SMILES string of the molecule is Cc1ccc(C(C)(C)c2ccc(Oc3cc(-c4nnc(C)o4)ncn3)cc2)cc1. The lowest BCUT2D eigenvalue weighted by molar-refractivity contribution is 0.460. The molecule has 0 aliphatic carbocycles. The third-order valence-electron chi connectivity index (χ3n) is 4.96. The van der Waals surface area contributed by atoms with E-state index in [1.54, 1.807) is 13.0 Å². The average molecular weight is 386 g/mol. The zero-order valence-corrected chi connectivity index (χ0v) is 16.9. The van der Waals surface area contributed by atoms with Crippen molar-refractivity contribution in [3.05, 3.63) is 83.5 Å². The van der Waals surface area contributed by atoms with Crippen LogP contribution in [0.15, 0.2) is 65.3 Å². The van der Waals surface area contributed by atoms with Crippen molar-refractivity contribution in [2.24, 2.45) is 0 Å². The Hall–Kier alpha value is -3.54. The Balaban J connectivity index is 1.53. The van der Waals surface area contributed by atoms with E-state index >= 15 is 0 Å². The van der Waals surface area contributed by atoms with Gasteiger partial charge < -0.3 is 9.15 Å². The summed E-state index contributed by atoms with van der Waals surface area (Å²) in [7, 11) is 0. The Morgan fingerprint density at radius 1 is 0.828 bits per heavy atom. The van der Waals surface area contributed by atoms with Crippen molar-refractivity contribution in [1.29, 1.82) is 0 Å². The maximum atomic E-state index is 5.90. The highest BCUT2D eigenvalue weighted by Crippen LogP contribution is 2.33. The predicted octanol–water partition coefficient (Wildman–Crippen LogP) is 5.26. The lowest BCUT2D eigenvalue weighted by Crippen LogP contribution is -2.18. The minimum absolute atomic E-state index is 0.107. The smallest absolute Gasteiger partial charge is 0.266 e. The quantitative estimate of drug-likeness (QED) is 0.466. The third kappa shape index (κ3) is 4.01. The molecule has 6 heteroatoms. The molecule has 29 heavy (non-hydrogen) atoms. The average Bonchev–Trinajstić information content (AvgIpc) is 3.15. The van der Waals surface area contributed by atoms with Crippen molar-refractivity contribution < 1.29 is 9.15 Å². The standard InChI is InChI=1S/C23H22N4O2/c1-15-5-7-17(8-6-15)23(3,4)18-9-11-19(12-10-18)29-21-13-20(24-14-25-21)22-27-26-16(2)28-22/h5-14H,1-4H3. The molecule has 2 heterocycles. The van der Waals surface area contributed by atoms with E-state index in [9.17, 15) is 0 Å². The molecule has 0 fully saturated rings. The van der Waals surface area contributed by atoms with Crippen LogP contribution in [-0.2, 0) is 5.41 Å². The highest BCUT2D eigenvalue weighted by atomic mass is 16.5. The molecule has 6 nitrogen and oxygen atoms in total. The second-order valence-electron chi connectivity index (χ2n) is 7.49. The van der Waals surface area contributed by atoms with Gasteiger partial charge in [-0.3, -0.25) is 0 Å². The first-order valence-corrected chi connectivity index (χ1v) is 9.40. The lowest BCUT2D eigenvalue weighted by atomic mass is 9.78. The van der Waals surface area contributed by atoms with Crippen molar-refractivity contribution in [2.75, 3.05) is 0 Å². The molecule has 0 bridgehead atoms. The number of hydrogen-bond donors (Lipinski definition) is 0. The molecule has 0 aliphatic rings. The molecule has 146 valence electrons. The summed E-state index contributed by atoms with van der Waals surface area (Å²) < 4.78 is 11.3. The minimum atomic E-state index is -0.107. The van der Waals surface area contributed by atoms with Gasteiger partial charge in [-0.15, -0.1) is 10.2 Å². The minimum Gasteiger partial charge on any atom is -0.439 e. The summed E-state index contributed by atoms with van der Waals surface area (Å²) in [5.74, 6) is 1.93. The van der Waals surface area contributed by atoms with Gasteiger partial charge in [0.1, 0.15) is 17.8 Å². The van der Waals surface area contributed by atoms with Crippen LogP contribution < -0.4 is 4.74 Å². The Labute approximate surface area is 169 Å². The van der Waals surface area contributed by atoms with Gasteiger partial charge in [0.25, 0.3) is 5.89 Å². The Kier molecular flexibility index (Phi) is 4.84. The number of aryl methyl sites for hydroxylation is 2. The van der Waals surface area contributed by atoms with Crippen LogP contribution in [0, 0.1) is 13.8 Å². The first kappa shape index (κ1) is 18.8. The molecule has 0 saturated carbocycles. The second-order valence-corrected chi connectivity index (χ2v) is 7.49. The van der Waals surface area contributed by atoms with Crippen molar-refractivity contribution in [2.45, 2.75) is 33.1 Å². The van der Waals surface area contributed by atoms with Crippen molar-refractivity contribution >= 4 is 0 Å². The van der Waals surface area contributed by atoms with E-state index in [-0.39, 0.29) is 5.41 Å². The highest BCUT2D eigenvalue weighted by molar-refractivity contribution is 5.48. The number of hydrogen-bond acceptors (Lipinski definition) is 6. The van der Waals surface area contributed by atoms with E-state index in [4.69, 9.17) is 9.15 Å². The van der Waals surface area contributed by atoms with Gasteiger partial charge in [-0.25, -0.2) is 9.97 Å². The molecule has 0 N–H and O–H groups in total. The zero-order valence-electron chi connectivity index (χ0n) is 16.9. The van der Waals surface area contributed by atoms with Gasteiger partial charge in [-0.05, 0) is 30.2 Å². The van der Waals surface area contributed by atoms with E-state index in [0.29, 0.717) is 29.1 Å². The number of benzene rings is 2. The monoisotopic (exact) mass is 386 g/mol. The maximum absolute atomic E-state index is 5.90. The second kappa shape index (κ2) is 7.47. The largest absolute Gasteiger partial charge is 0.439 e. The highest BCUT2D eigenvalue weighted by Gasteiger charge is 2.23. The first-order chi connectivity index (χ1) is 13.9. The van der Waals surface area contributed by atoms with Gasteiger partial charge >= 0.3 is 0 Å². The lowest BCUT2D eigenvalue weighted by Gasteiger charge is -2.26. The molecule has 0 radical (unpaired) electrons. The normalized spacial score (nSPS) is 11.4. The molecule has 2 aromatic carbocycles. The first-order valence-electron chi connectivity index (χ1n) is 9.40. The molecule has 0 spiro atoms. The van der Waals surface area contributed by atoms with E-state index < -0.39 is 0 Å². The third-order valence-corrected chi connectivity index (χ3v) is 4.96. The molecule has 4 aromatic rings. The molecule has 2 aromatic heterocycles. The fourth-order valence-electron chi connectivity index (χ4n) is 3.11. The van der Waals surface area contributed by atoms with E-state index in [1.807, 2.05) is 12.1 Å². The summed E-state index contributed by atoms with van der Waals surface area (Å²) in [6.07, 6.45) is 1.42. The summed E-state index contributed by atoms with van der Waals surface area (Å²) >= 11 is 0. The van der Waals surface area contributed by atoms with Crippen LogP contribution in [0.2, 0.25) is 0 Å². The number of aromatic nitrogens is 4. The van der Waals surface area contributed by atoms with E-state index in [0.717, 1.165) is 0 Å². The van der Waals surface area contributed by atoms with Crippen molar-refractivity contribution in [3.8, 4) is 23.2 Å². The zero-order chi connectivity index (χ0) is 20.4. The predicted molar refractivity (Wildman–Crippen MR) is 110 cm³/mol. The fraction of sp³-hybridized carbons (Fsp3) is 0.217. The Morgan fingerprint density at radius 2 is 1.48 bits per heavy atom. The van der Waals surface area contributed by atoms with Crippen LogP contribution in [0.4, 0.5) is 0 Å². The van der Waals surface area contributed by atoms with Crippen LogP contribution in [0.5, 0.6) is 11.6 Å². The van der Waals surface area contributed by atoms with Gasteiger partial charge in [-0.2, -0.15) is 0 Å². The van der Waals surface area contributed by atoms with Gasteiger partial charge in [0.15, 0.2) is 0 Å². The van der Waals surface area contributed by atoms with Crippen molar-refractivity contribution in [1.82, 2.24) is 20.2 Å².